The first-order valence-electron chi connectivity index (χ1n) is 6.60. The normalized spacial score (nSPS) is 35.6. The molecule has 2 N–H and O–H groups in total. The zero-order valence-electron chi connectivity index (χ0n) is 11.1. The molecule has 2 aliphatic rings. The minimum atomic E-state index is -3.40. The van der Waals surface area contributed by atoms with E-state index >= 15 is 0 Å². The molecule has 2 saturated heterocycles. The number of hydrogen-bond donors (Lipinski definition) is 2. The van der Waals surface area contributed by atoms with E-state index in [2.05, 4.69) is 10.0 Å². The summed E-state index contributed by atoms with van der Waals surface area (Å²) in [5.41, 5.74) is 0. The Labute approximate surface area is 109 Å². The highest BCUT2D eigenvalue weighted by atomic mass is 32.2. The first-order valence-corrected chi connectivity index (χ1v) is 8.04. The van der Waals surface area contributed by atoms with Crippen LogP contribution in [0, 0.1) is 0 Å². The molecule has 0 aromatic carbocycles. The van der Waals surface area contributed by atoms with E-state index in [4.69, 9.17) is 4.74 Å². The highest BCUT2D eigenvalue weighted by Crippen LogP contribution is 2.16. The maximum atomic E-state index is 12.3. The van der Waals surface area contributed by atoms with Crippen LogP contribution in [0.15, 0.2) is 0 Å². The van der Waals surface area contributed by atoms with Gasteiger partial charge in [-0.2, -0.15) is 17.4 Å². The average Bonchev–Trinajstić information content (AvgIpc) is 2.33. The van der Waals surface area contributed by atoms with Crippen LogP contribution in [0.1, 0.15) is 26.7 Å². The minimum Gasteiger partial charge on any atom is -0.375 e. The lowest BCUT2D eigenvalue weighted by Crippen LogP contribution is -2.57. The summed E-state index contributed by atoms with van der Waals surface area (Å²) in [5, 5.41) is 3.21. The number of rotatable bonds is 3. The molecule has 2 heterocycles. The van der Waals surface area contributed by atoms with E-state index in [1.165, 1.54) is 4.31 Å². The van der Waals surface area contributed by atoms with E-state index in [-0.39, 0.29) is 18.2 Å². The summed E-state index contributed by atoms with van der Waals surface area (Å²) >= 11 is 0. The molecule has 0 unspecified atom stereocenters. The van der Waals surface area contributed by atoms with Crippen LogP contribution in [-0.2, 0) is 14.9 Å². The van der Waals surface area contributed by atoms with Gasteiger partial charge in [0.05, 0.1) is 12.7 Å². The van der Waals surface area contributed by atoms with Gasteiger partial charge in [-0.15, -0.1) is 0 Å². The van der Waals surface area contributed by atoms with Crippen LogP contribution in [0.25, 0.3) is 0 Å². The van der Waals surface area contributed by atoms with Crippen molar-refractivity contribution in [2.75, 3.05) is 26.2 Å². The monoisotopic (exact) mass is 277 g/mol. The molecule has 7 heteroatoms. The molecular weight excluding hydrogens is 254 g/mol. The Kier molecular flexibility index (Phi) is 4.60. The molecule has 2 aliphatic heterocycles. The summed E-state index contributed by atoms with van der Waals surface area (Å²) in [4.78, 5) is 0. The Hall–Kier alpha value is -0.210. The van der Waals surface area contributed by atoms with Crippen LogP contribution in [-0.4, -0.2) is 57.2 Å². The molecule has 18 heavy (non-hydrogen) atoms. The van der Waals surface area contributed by atoms with Crippen molar-refractivity contribution in [1.82, 2.24) is 14.3 Å². The fourth-order valence-corrected chi connectivity index (χ4v) is 4.14. The Morgan fingerprint density at radius 1 is 1.39 bits per heavy atom. The summed E-state index contributed by atoms with van der Waals surface area (Å²) in [6.07, 6.45) is 1.88. The van der Waals surface area contributed by atoms with Gasteiger partial charge in [0.15, 0.2) is 0 Å². The maximum absolute atomic E-state index is 12.3. The highest BCUT2D eigenvalue weighted by molar-refractivity contribution is 7.87. The molecule has 106 valence electrons. The zero-order valence-corrected chi connectivity index (χ0v) is 11.9. The number of nitrogens with one attached hydrogen (secondary N) is 2. The SMILES string of the molecule is C[C@@H]1CN(S(=O)(=O)N[C@@H]2CCCNC2)[C@H](C)CO1. The van der Waals surface area contributed by atoms with E-state index in [1.807, 2.05) is 13.8 Å². The Bertz CT molecular complexity index is 368. The fourth-order valence-electron chi connectivity index (χ4n) is 2.44. The van der Waals surface area contributed by atoms with Crippen LogP contribution in [0.3, 0.4) is 0 Å². The highest BCUT2D eigenvalue weighted by Gasteiger charge is 2.34. The first-order chi connectivity index (χ1) is 8.49. The van der Waals surface area contributed by atoms with Crippen molar-refractivity contribution in [3.8, 4) is 0 Å². The van der Waals surface area contributed by atoms with Gasteiger partial charge in [0.25, 0.3) is 10.2 Å². The van der Waals surface area contributed by atoms with Crippen molar-refractivity contribution in [2.45, 2.75) is 44.9 Å². The van der Waals surface area contributed by atoms with Gasteiger partial charge < -0.3 is 10.1 Å². The van der Waals surface area contributed by atoms with Gasteiger partial charge in [-0.25, -0.2) is 0 Å². The average molecular weight is 277 g/mol. The lowest BCUT2D eigenvalue weighted by Gasteiger charge is -2.37. The topological polar surface area (TPSA) is 70.7 Å². The third kappa shape index (κ3) is 3.42. The predicted octanol–water partition coefficient (Wildman–Crippen LogP) is -0.318. The summed E-state index contributed by atoms with van der Waals surface area (Å²) < 4.78 is 34.5. The number of ether oxygens (including phenoxy) is 1. The molecule has 0 saturated carbocycles. The van der Waals surface area contributed by atoms with Crippen molar-refractivity contribution in [1.29, 1.82) is 0 Å². The number of morpholine rings is 1. The molecule has 2 fully saturated rings. The van der Waals surface area contributed by atoms with Crippen molar-refractivity contribution < 1.29 is 13.2 Å². The fraction of sp³-hybridized carbons (Fsp3) is 1.00. The van der Waals surface area contributed by atoms with Crippen molar-refractivity contribution in [3.63, 3.8) is 0 Å². The van der Waals surface area contributed by atoms with Crippen LogP contribution >= 0.6 is 0 Å². The van der Waals surface area contributed by atoms with Crippen molar-refractivity contribution in [3.05, 3.63) is 0 Å². The van der Waals surface area contributed by atoms with Crippen molar-refractivity contribution >= 4 is 10.2 Å². The van der Waals surface area contributed by atoms with Gasteiger partial charge in [0.2, 0.25) is 0 Å². The second-order valence-corrected chi connectivity index (χ2v) is 6.88. The van der Waals surface area contributed by atoms with E-state index < -0.39 is 10.2 Å². The van der Waals surface area contributed by atoms with E-state index in [1.54, 1.807) is 0 Å². The number of hydrogen-bond acceptors (Lipinski definition) is 4. The molecule has 3 atom stereocenters. The standard InChI is InChI=1S/C11H23N3O3S/c1-9-8-17-10(2)7-14(9)18(15,16)13-11-4-3-5-12-6-11/h9-13H,3-8H2,1-2H3/t9-,10-,11-/m1/s1. The van der Waals surface area contributed by atoms with Gasteiger partial charge in [-0.3, -0.25) is 0 Å². The number of piperidine rings is 1. The van der Waals surface area contributed by atoms with Crippen LogP contribution in [0.2, 0.25) is 0 Å². The Morgan fingerprint density at radius 3 is 2.83 bits per heavy atom. The minimum absolute atomic E-state index is 0.00843. The largest absolute Gasteiger partial charge is 0.375 e. The van der Waals surface area contributed by atoms with E-state index in [9.17, 15) is 8.42 Å². The molecule has 0 spiro atoms. The Morgan fingerprint density at radius 2 is 2.17 bits per heavy atom. The lowest BCUT2D eigenvalue weighted by molar-refractivity contribution is -0.0176. The quantitative estimate of drug-likeness (QED) is 0.742. The molecule has 0 aromatic rings. The Balaban J connectivity index is 2.00. The van der Waals surface area contributed by atoms with E-state index in [0.29, 0.717) is 19.7 Å². The van der Waals surface area contributed by atoms with Gasteiger partial charge in [0, 0.05) is 25.2 Å². The summed E-state index contributed by atoms with van der Waals surface area (Å²) in [6, 6.07) is -0.0932. The van der Waals surface area contributed by atoms with Crippen LogP contribution in [0.5, 0.6) is 0 Å². The molecule has 0 bridgehead atoms. The molecule has 0 aromatic heterocycles. The third-order valence-electron chi connectivity index (χ3n) is 3.47. The molecule has 0 amide bonds. The van der Waals surface area contributed by atoms with Gasteiger partial charge in [0.1, 0.15) is 0 Å². The lowest BCUT2D eigenvalue weighted by atomic mass is 10.1. The van der Waals surface area contributed by atoms with E-state index in [0.717, 1.165) is 19.4 Å². The molecule has 0 radical (unpaired) electrons. The molecule has 0 aliphatic carbocycles. The molecule has 2 rings (SSSR count). The van der Waals surface area contributed by atoms with Gasteiger partial charge in [-0.1, -0.05) is 0 Å². The number of nitrogens with zero attached hydrogens (tertiary/aromatic N) is 1. The maximum Gasteiger partial charge on any atom is 0.280 e. The predicted molar refractivity (Wildman–Crippen MR) is 69.5 cm³/mol. The summed E-state index contributed by atoms with van der Waals surface area (Å²) in [7, 11) is -3.40. The second kappa shape index (κ2) is 5.83. The van der Waals surface area contributed by atoms with Crippen LogP contribution in [0.4, 0.5) is 0 Å². The van der Waals surface area contributed by atoms with Crippen molar-refractivity contribution in [2.24, 2.45) is 0 Å². The second-order valence-electron chi connectivity index (χ2n) is 5.23. The van der Waals surface area contributed by atoms with Gasteiger partial charge >= 0.3 is 0 Å². The summed E-state index contributed by atoms with van der Waals surface area (Å²) in [5.74, 6) is 0. The van der Waals surface area contributed by atoms with Crippen LogP contribution < -0.4 is 10.0 Å². The molecular formula is C11H23N3O3S. The van der Waals surface area contributed by atoms with Gasteiger partial charge in [-0.05, 0) is 33.2 Å². The summed E-state index contributed by atoms with van der Waals surface area (Å²) in [6.45, 7) is 6.36. The first kappa shape index (κ1) is 14.2. The zero-order chi connectivity index (χ0) is 13.2. The smallest absolute Gasteiger partial charge is 0.280 e. The molecule has 6 nitrogen and oxygen atoms in total. The third-order valence-corrected chi connectivity index (χ3v) is 5.23.